The van der Waals surface area contributed by atoms with Crippen LogP contribution in [0.25, 0.3) is 10.7 Å². The van der Waals surface area contributed by atoms with E-state index in [4.69, 9.17) is 17.3 Å². The lowest BCUT2D eigenvalue weighted by Gasteiger charge is -2.26. The van der Waals surface area contributed by atoms with Crippen LogP contribution in [-0.2, 0) is 16.8 Å². The molecule has 0 radical (unpaired) electrons. The Labute approximate surface area is 159 Å². The molecule has 3 heterocycles. The molecule has 0 bridgehead atoms. The largest absolute Gasteiger partial charge is 0.369 e. The van der Waals surface area contributed by atoms with Crippen molar-refractivity contribution < 1.29 is 4.79 Å². The first-order chi connectivity index (χ1) is 12.3. The first-order valence-electron chi connectivity index (χ1n) is 7.81. The van der Waals surface area contributed by atoms with Gasteiger partial charge in [0.2, 0.25) is 5.91 Å². The Morgan fingerprint density at radius 1 is 1.27 bits per heavy atom. The third kappa shape index (κ3) is 4.14. The average molecular weight is 389 g/mol. The lowest BCUT2D eigenvalue weighted by Crippen LogP contribution is -2.30. The number of hydrogen-bond donors (Lipinski definition) is 2. The highest BCUT2D eigenvalue weighted by Crippen LogP contribution is 2.29. The van der Waals surface area contributed by atoms with Gasteiger partial charge < -0.3 is 11.1 Å². The number of primary amides is 1. The van der Waals surface area contributed by atoms with Crippen molar-refractivity contribution in [3.05, 3.63) is 52.3 Å². The number of nitrogens with two attached hydrogens (primary N) is 1. The van der Waals surface area contributed by atoms with E-state index >= 15 is 0 Å². The first-order valence-corrected chi connectivity index (χ1v) is 9.01. The van der Waals surface area contributed by atoms with Crippen molar-refractivity contribution in [3.8, 4) is 10.7 Å². The minimum absolute atomic E-state index is 0.170. The third-order valence-electron chi connectivity index (χ3n) is 3.58. The molecule has 0 saturated carbocycles. The van der Waals surface area contributed by atoms with Crippen molar-refractivity contribution >= 4 is 34.7 Å². The zero-order chi connectivity index (χ0) is 18.7. The number of hydrogen-bond acceptors (Lipinski definition) is 7. The zero-order valence-corrected chi connectivity index (χ0v) is 15.8. The molecule has 3 N–H and O–H groups in total. The molecule has 0 unspecified atom stereocenters. The molecule has 0 aromatic carbocycles. The van der Waals surface area contributed by atoms with Crippen LogP contribution in [0.2, 0.25) is 5.02 Å². The van der Waals surface area contributed by atoms with Crippen molar-refractivity contribution in [1.82, 2.24) is 20.2 Å². The smallest absolute Gasteiger partial charge is 0.222 e. The zero-order valence-electron chi connectivity index (χ0n) is 14.2. The Morgan fingerprint density at radius 2 is 2.08 bits per heavy atom. The van der Waals surface area contributed by atoms with E-state index in [-0.39, 0.29) is 12.3 Å². The van der Waals surface area contributed by atoms with Gasteiger partial charge in [0.25, 0.3) is 0 Å². The highest BCUT2D eigenvalue weighted by molar-refractivity contribution is 7.15. The molecule has 0 atom stereocenters. The molecule has 134 valence electrons. The van der Waals surface area contributed by atoms with Gasteiger partial charge >= 0.3 is 0 Å². The van der Waals surface area contributed by atoms with E-state index in [2.05, 4.69) is 25.5 Å². The molecule has 0 aliphatic heterocycles. The summed E-state index contributed by atoms with van der Waals surface area (Å²) < 4.78 is 0. The number of aromatic nitrogens is 4. The van der Waals surface area contributed by atoms with Crippen LogP contribution >= 0.6 is 22.9 Å². The van der Waals surface area contributed by atoms with Crippen molar-refractivity contribution in [3.63, 3.8) is 0 Å². The Morgan fingerprint density at radius 3 is 2.73 bits per heavy atom. The van der Waals surface area contributed by atoms with E-state index in [1.165, 1.54) is 11.3 Å². The molecule has 26 heavy (non-hydrogen) atoms. The van der Waals surface area contributed by atoms with Gasteiger partial charge in [-0.15, -0.1) is 21.5 Å². The van der Waals surface area contributed by atoms with Crippen molar-refractivity contribution in [2.75, 3.05) is 5.32 Å². The van der Waals surface area contributed by atoms with Crippen LogP contribution in [0.3, 0.4) is 0 Å². The quantitative estimate of drug-likeness (QED) is 0.672. The lowest BCUT2D eigenvalue weighted by molar-refractivity contribution is -0.117. The molecule has 0 saturated heterocycles. The van der Waals surface area contributed by atoms with E-state index in [9.17, 15) is 4.79 Å². The second-order valence-corrected chi connectivity index (χ2v) is 7.68. The number of nitrogens with zero attached hydrogens (tertiary/aromatic N) is 4. The summed E-state index contributed by atoms with van der Waals surface area (Å²) >= 11 is 7.61. The van der Waals surface area contributed by atoms with Gasteiger partial charge in [-0.2, -0.15) is 0 Å². The summed E-state index contributed by atoms with van der Waals surface area (Å²) in [5, 5.41) is 13.0. The molecule has 3 rings (SSSR count). The van der Waals surface area contributed by atoms with Gasteiger partial charge in [-0.05, 0) is 38.1 Å². The third-order valence-corrected chi connectivity index (χ3v) is 4.90. The Hall–Kier alpha value is -2.58. The number of anilines is 1. The minimum Gasteiger partial charge on any atom is -0.369 e. The van der Waals surface area contributed by atoms with Crippen molar-refractivity contribution in [2.24, 2.45) is 5.73 Å². The summed E-state index contributed by atoms with van der Waals surface area (Å²) in [4.78, 5) is 20.4. The molecule has 0 spiro atoms. The van der Waals surface area contributed by atoms with Gasteiger partial charge in [0, 0.05) is 17.3 Å². The van der Waals surface area contributed by atoms with Crippen LogP contribution in [0, 0.1) is 0 Å². The number of halogens is 1. The monoisotopic (exact) mass is 388 g/mol. The number of rotatable bonds is 6. The minimum atomic E-state index is -0.523. The van der Waals surface area contributed by atoms with Crippen LogP contribution in [0.4, 0.5) is 5.82 Å². The lowest BCUT2D eigenvalue weighted by atomic mass is 10.00. The van der Waals surface area contributed by atoms with E-state index < -0.39 is 5.54 Å². The van der Waals surface area contributed by atoms with Crippen LogP contribution in [0.5, 0.6) is 0 Å². The number of thiazole rings is 1. The summed E-state index contributed by atoms with van der Waals surface area (Å²) in [6.07, 6.45) is 3.50. The normalized spacial score (nSPS) is 11.3. The Balaban J connectivity index is 1.76. The van der Waals surface area contributed by atoms with Crippen LogP contribution < -0.4 is 11.1 Å². The number of carbonyl (C=O) groups excluding carboxylic acids is 1. The van der Waals surface area contributed by atoms with E-state index in [0.29, 0.717) is 21.5 Å². The summed E-state index contributed by atoms with van der Waals surface area (Å²) in [6, 6.07) is 7.22. The maximum Gasteiger partial charge on any atom is 0.222 e. The van der Waals surface area contributed by atoms with Crippen LogP contribution in [-0.4, -0.2) is 26.1 Å². The number of nitrogens with one attached hydrogen (secondary N) is 1. The molecule has 0 fully saturated rings. The summed E-state index contributed by atoms with van der Waals surface area (Å²) in [6.45, 7) is 3.93. The fourth-order valence-electron chi connectivity index (χ4n) is 2.42. The molecular formula is C17H17ClN6OS. The van der Waals surface area contributed by atoms with Gasteiger partial charge in [-0.1, -0.05) is 11.6 Å². The SMILES string of the molecule is CC(C)(Nc1ccc(-c2ncc(CC(N)=O)s2)nn1)c1ncccc1Cl. The van der Waals surface area contributed by atoms with E-state index in [0.717, 1.165) is 10.6 Å². The number of carbonyl (C=O) groups is 1. The van der Waals surface area contributed by atoms with Crippen LogP contribution in [0.15, 0.2) is 36.7 Å². The number of amides is 1. The van der Waals surface area contributed by atoms with Gasteiger partial charge in [0.05, 0.1) is 22.7 Å². The topological polar surface area (TPSA) is 107 Å². The summed E-state index contributed by atoms with van der Waals surface area (Å²) in [7, 11) is 0. The predicted octanol–water partition coefficient (Wildman–Crippen LogP) is 3.02. The van der Waals surface area contributed by atoms with Gasteiger partial charge in [-0.3, -0.25) is 9.78 Å². The highest BCUT2D eigenvalue weighted by atomic mass is 35.5. The molecular weight excluding hydrogens is 372 g/mol. The van der Waals surface area contributed by atoms with Gasteiger partial charge in [-0.25, -0.2) is 4.98 Å². The first kappa shape index (κ1) is 18.2. The molecule has 0 aliphatic carbocycles. The van der Waals surface area contributed by atoms with E-state index in [1.807, 2.05) is 26.0 Å². The maximum absolute atomic E-state index is 11.0. The number of pyridine rings is 1. The summed E-state index contributed by atoms with van der Waals surface area (Å²) in [5.74, 6) is 0.204. The molecule has 1 amide bonds. The average Bonchev–Trinajstić information content (AvgIpc) is 3.03. The fourth-order valence-corrected chi connectivity index (χ4v) is 3.66. The predicted molar refractivity (Wildman–Crippen MR) is 102 cm³/mol. The fraction of sp³-hybridized carbons (Fsp3) is 0.235. The van der Waals surface area contributed by atoms with Crippen molar-refractivity contribution in [1.29, 1.82) is 0 Å². The Kier molecular flexibility index (Phi) is 5.15. The van der Waals surface area contributed by atoms with Gasteiger partial charge in [0.15, 0.2) is 0 Å². The molecule has 9 heteroatoms. The standard InChI is InChI=1S/C17H17ClN6OS/c1-17(2,15-11(18)4-3-7-20-15)22-14-6-5-12(23-24-14)16-21-9-10(26-16)8-13(19)25/h3-7,9H,8H2,1-2H3,(H2,19,25)(H,22,24). The van der Waals surface area contributed by atoms with Crippen LogP contribution in [0.1, 0.15) is 24.4 Å². The molecule has 3 aromatic heterocycles. The second-order valence-electron chi connectivity index (χ2n) is 6.16. The summed E-state index contributed by atoms with van der Waals surface area (Å²) in [5.41, 5.74) is 6.03. The molecule has 3 aromatic rings. The maximum atomic E-state index is 11.0. The second kappa shape index (κ2) is 7.35. The molecule has 0 aliphatic rings. The van der Waals surface area contributed by atoms with Gasteiger partial charge in [0.1, 0.15) is 16.5 Å². The highest BCUT2D eigenvalue weighted by Gasteiger charge is 2.25. The Bertz CT molecular complexity index is 925. The molecule has 7 nitrogen and oxygen atoms in total. The van der Waals surface area contributed by atoms with E-state index in [1.54, 1.807) is 24.5 Å². The van der Waals surface area contributed by atoms with Crippen molar-refractivity contribution in [2.45, 2.75) is 25.8 Å².